The Bertz CT molecular complexity index is 4610. The SMILES string of the molecule is [C-]#[N+]c1ccc(-c2cccc(-c3ccccc3-c3nc(-c4ccccc4)nc(-c4ccc(-c5cc6ccccc6c6ccccc56)cc4)n3)c2)c(-c2cccc(-c3ccc4c5ccccc5c5ccccc5c4c3)c2)c1. The van der Waals surface area contributed by atoms with Crippen molar-refractivity contribution in [3.8, 4) is 89.8 Å². The number of rotatable bonds is 8. The molecule has 76 heavy (non-hydrogen) atoms. The monoisotopic (exact) mass is 964 g/mol. The zero-order valence-corrected chi connectivity index (χ0v) is 41.2. The zero-order chi connectivity index (χ0) is 50.5. The normalized spacial score (nSPS) is 11.4. The van der Waals surface area contributed by atoms with Crippen molar-refractivity contribution in [3.05, 3.63) is 278 Å². The van der Waals surface area contributed by atoms with E-state index < -0.39 is 0 Å². The van der Waals surface area contributed by atoms with Crippen LogP contribution in [-0.4, -0.2) is 15.0 Å². The second-order valence-corrected chi connectivity index (χ2v) is 19.3. The molecule has 0 atom stereocenters. The summed E-state index contributed by atoms with van der Waals surface area (Å²) in [5.74, 6) is 1.79. The maximum absolute atomic E-state index is 8.05. The Morgan fingerprint density at radius 3 is 1.33 bits per heavy atom. The van der Waals surface area contributed by atoms with E-state index in [0.717, 1.165) is 66.8 Å². The smallest absolute Gasteiger partial charge is 0.187 e. The van der Waals surface area contributed by atoms with E-state index in [1.54, 1.807) is 0 Å². The number of benzene rings is 13. The fourth-order valence-electron chi connectivity index (χ4n) is 11.3. The fourth-order valence-corrected chi connectivity index (χ4v) is 11.3. The average Bonchev–Trinajstić information content (AvgIpc) is 3.52. The van der Waals surface area contributed by atoms with Crippen LogP contribution in [0.25, 0.3) is 149 Å². The van der Waals surface area contributed by atoms with Crippen LogP contribution in [0.4, 0.5) is 5.69 Å². The van der Waals surface area contributed by atoms with Gasteiger partial charge in [0.25, 0.3) is 0 Å². The maximum Gasteiger partial charge on any atom is 0.187 e. The van der Waals surface area contributed by atoms with Gasteiger partial charge in [0.2, 0.25) is 0 Å². The summed E-state index contributed by atoms with van der Waals surface area (Å²) >= 11 is 0. The molecule has 0 spiro atoms. The Balaban J connectivity index is 0.846. The number of hydrogen-bond donors (Lipinski definition) is 0. The molecule has 0 unspecified atom stereocenters. The number of fused-ring (bicyclic) bond motifs is 9. The van der Waals surface area contributed by atoms with Crippen LogP contribution in [-0.2, 0) is 0 Å². The highest BCUT2D eigenvalue weighted by Gasteiger charge is 2.19. The van der Waals surface area contributed by atoms with E-state index in [4.69, 9.17) is 21.5 Å². The summed E-state index contributed by atoms with van der Waals surface area (Å²) in [6, 6.07) is 94.3. The largest absolute Gasteiger partial charge is 0.238 e. The van der Waals surface area contributed by atoms with Crippen LogP contribution < -0.4 is 0 Å². The standard InChI is InChI=1S/C72H44N4/c1-73-55-38-40-58(68(45-55)53-23-15-20-49(41-53)50-37-39-65-62-29-10-9-27-60(62)61-28-11-13-31-64(61)69(65)43-50)52-22-16-21-51(42-52)57-25-7-14-32-66(57)72-75-70(47-17-3-2-4-18-47)74-71(76-72)48-35-33-46(34-36-48)67-44-54-19-5-6-24-56(54)59-26-8-12-30-63(59)67/h2-45H. The summed E-state index contributed by atoms with van der Waals surface area (Å²) in [7, 11) is 0. The van der Waals surface area contributed by atoms with Crippen molar-refractivity contribution in [2.45, 2.75) is 0 Å². The molecular formula is C72H44N4. The molecule has 14 aromatic rings. The first-order valence-corrected chi connectivity index (χ1v) is 25.6. The molecule has 1 heterocycles. The van der Waals surface area contributed by atoms with E-state index in [1.165, 1.54) is 59.4 Å². The van der Waals surface area contributed by atoms with Crippen molar-refractivity contribution in [3.63, 3.8) is 0 Å². The third kappa shape index (κ3) is 7.83. The van der Waals surface area contributed by atoms with E-state index in [-0.39, 0.29) is 0 Å². The van der Waals surface area contributed by atoms with Crippen LogP contribution >= 0.6 is 0 Å². The van der Waals surface area contributed by atoms with Gasteiger partial charge in [0.05, 0.1) is 6.57 Å². The summed E-state index contributed by atoms with van der Waals surface area (Å²) in [5.41, 5.74) is 14.0. The van der Waals surface area contributed by atoms with Gasteiger partial charge >= 0.3 is 0 Å². The van der Waals surface area contributed by atoms with E-state index in [0.29, 0.717) is 23.2 Å². The molecule has 4 heteroatoms. The van der Waals surface area contributed by atoms with Gasteiger partial charge < -0.3 is 0 Å². The molecule has 0 amide bonds. The first-order chi connectivity index (χ1) is 37.6. The van der Waals surface area contributed by atoms with Gasteiger partial charge in [0.1, 0.15) is 0 Å². The van der Waals surface area contributed by atoms with E-state index in [9.17, 15) is 0 Å². The lowest BCUT2D eigenvalue weighted by molar-refractivity contribution is 1.07. The van der Waals surface area contributed by atoms with Crippen molar-refractivity contribution >= 4 is 59.5 Å². The molecule has 0 bridgehead atoms. The molecule has 4 nitrogen and oxygen atoms in total. The number of aromatic nitrogens is 3. The second-order valence-electron chi connectivity index (χ2n) is 19.3. The summed E-state index contributed by atoms with van der Waals surface area (Å²) in [5, 5.41) is 12.4. The topological polar surface area (TPSA) is 43.0 Å². The van der Waals surface area contributed by atoms with E-state index >= 15 is 0 Å². The molecule has 0 saturated carbocycles. The minimum Gasteiger partial charge on any atom is -0.238 e. The number of nitrogens with zero attached hydrogens (tertiary/aromatic N) is 4. The van der Waals surface area contributed by atoms with Crippen LogP contribution in [0, 0.1) is 6.57 Å². The summed E-state index contributed by atoms with van der Waals surface area (Å²) in [6.45, 7) is 8.05. The van der Waals surface area contributed by atoms with Crippen molar-refractivity contribution in [1.29, 1.82) is 0 Å². The highest BCUT2D eigenvalue weighted by atomic mass is 15.0. The van der Waals surface area contributed by atoms with Gasteiger partial charge in [-0.15, -0.1) is 0 Å². The molecule has 0 fully saturated rings. The molecule has 0 aliphatic rings. The van der Waals surface area contributed by atoms with Gasteiger partial charge in [-0.05, 0) is 140 Å². The quantitative estimate of drug-likeness (QED) is 0.113. The van der Waals surface area contributed by atoms with Crippen molar-refractivity contribution in [1.82, 2.24) is 15.0 Å². The Kier molecular flexibility index (Phi) is 10.9. The molecule has 0 radical (unpaired) electrons. The summed E-state index contributed by atoms with van der Waals surface area (Å²) in [4.78, 5) is 19.5. The lowest BCUT2D eigenvalue weighted by Gasteiger charge is -2.16. The molecule has 1 aromatic heterocycles. The first-order valence-electron chi connectivity index (χ1n) is 25.6. The fraction of sp³-hybridized carbons (Fsp3) is 0. The van der Waals surface area contributed by atoms with Crippen LogP contribution in [0.2, 0.25) is 0 Å². The van der Waals surface area contributed by atoms with Crippen molar-refractivity contribution < 1.29 is 0 Å². The minimum absolute atomic E-state index is 0.586. The summed E-state index contributed by atoms with van der Waals surface area (Å²) in [6.07, 6.45) is 0. The van der Waals surface area contributed by atoms with Gasteiger partial charge in [-0.25, -0.2) is 19.8 Å². The minimum atomic E-state index is 0.586. The highest BCUT2D eigenvalue weighted by Crippen LogP contribution is 2.42. The third-order valence-electron chi connectivity index (χ3n) is 14.9. The van der Waals surface area contributed by atoms with Gasteiger partial charge in [-0.3, -0.25) is 0 Å². The Morgan fingerprint density at radius 1 is 0.224 bits per heavy atom. The Hall–Kier alpha value is -10.3. The highest BCUT2D eigenvalue weighted by molar-refractivity contribution is 6.25. The molecule has 13 aromatic carbocycles. The van der Waals surface area contributed by atoms with Gasteiger partial charge in [-0.2, -0.15) is 0 Å². The van der Waals surface area contributed by atoms with Crippen LogP contribution in [0.15, 0.2) is 267 Å². The molecule has 0 N–H and O–H groups in total. The van der Waals surface area contributed by atoms with Crippen LogP contribution in [0.1, 0.15) is 0 Å². The van der Waals surface area contributed by atoms with Gasteiger partial charge in [-0.1, -0.05) is 237 Å². The zero-order valence-electron chi connectivity index (χ0n) is 41.2. The van der Waals surface area contributed by atoms with Crippen molar-refractivity contribution in [2.24, 2.45) is 0 Å². The van der Waals surface area contributed by atoms with E-state index in [2.05, 4.69) is 223 Å². The summed E-state index contributed by atoms with van der Waals surface area (Å²) < 4.78 is 0. The predicted molar refractivity (Wildman–Crippen MR) is 317 cm³/mol. The number of hydrogen-bond acceptors (Lipinski definition) is 3. The molecule has 352 valence electrons. The Labute approximate surface area is 440 Å². The average molecular weight is 965 g/mol. The Morgan fingerprint density at radius 2 is 0.658 bits per heavy atom. The van der Waals surface area contributed by atoms with Gasteiger partial charge in [0.15, 0.2) is 23.2 Å². The van der Waals surface area contributed by atoms with Gasteiger partial charge in [0, 0.05) is 16.7 Å². The maximum atomic E-state index is 8.05. The predicted octanol–water partition coefficient (Wildman–Crippen LogP) is 19.5. The third-order valence-corrected chi connectivity index (χ3v) is 14.9. The molecule has 0 aliphatic heterocycles. The van der Waals surface area contributed by atoms with Crippen LogP contribution in [0.3, 0.4) is 0 Å². The lowest BCUT2D eigenvalue weighted by Crippen LogP contribution is -2.01. The first kappa shape index (κ1) is 44.4. The molecule has 0 saturated heterocycles. The van der Waals surface area contributed by atoms with Crippen molar-refractivity contribution in [2.75, 3.05) is 0 Å². The second kappa shape index (κ2) is 18.6. The van der Waals surface area contributed by atoms with E-state index in [1.807, 2.05) is 48.5 Å². The lowest BCUT2D eigenvalue weighted by atomic mass is 9.89. The molecular weight excluding hydrogens is 921 g/mol. The molecule has 14 rings (SSSR count). The van der Waals surface area contributed by atoms with Crippen LogP contribution in [0.5, 0.6) is 0 Å². The molecule has 0 aliphatic carbocycles.